The molecule has 3 aromatic rings. The summed E-state index contributed by atoms with van der Waals surface area (Å²) < 4.78 is 0. The van der Waals surface area contributed by atoms with Crippen molar-refractivity contribution in [3.63, 3.8) is 0 Å². The Hall–Kier alpha value is -2.67. The van der Waals surface area contributed by atoms with Gasteiger partial charge in [0.2, 0.25) is 6.29 Å². The minimum Gasteiger partial charge on any atom is -0.285 e. The van der Waals surface area contributed by atoms with E-state index in [2.05, 4.69) is 6.07 Å². The number of hydrogen-bond donors (Lipinski definition) is 0. The van der Waals surface area contributed by atoms with Crippen LogP contribution >= 0.6 is 0 Å². The van der Waals surface area contributed by atoms with Gasteiger partial charge in [0.25, 0.3) is 0 Å². The van der Waals surface area contributed by atoms with Crippen LogP contribution in [0.15, 0.2) is 78.9 Å². The maximum absolute atomic E-state index is 11.0. The summed E-state index contributed by atoms with van der Waals surface area (Å²) in [6.07, 6.45) is 2.00. The number of rotatable bonds is 3. The van der Waals surface area contributed by atoms with E-state index in [4.69, 9.17) is 0 Å². The van der Waals surface area contributed by atoms with Crippen LogP contribution in [0.3, 0.4) is 0 Å². The average Bonchev–Trinajstić information content (AvgIpc) is 2.56. The first-order chi connectivity index (χ1) is 9.86. The van der Waals surface area contributed by atoms with E-state index in [0.29, 0.717) is 5.56 Å². The molecule has 0 heterocycles. The quantitative estimate of drug-likeness (QED) is 0.676. The van der Waals surface area contributed by atoms with Gasteiger partial charge in [-0.3, -0.25) is 4.79 Å². The molecule has 0 amide bonds. The standard InChI is InChI=1S/C19H13O/c20-14-15-11-18(16-7-3-1-4-8-16)13-19(12-15)17-9-5-2-6-10-17/h1-13H. The molecule has 0 fully saturated rings. The highest BCUT2D eigenvalue weighted by Crippen LogP contribution is 2.27. The van der Waals surface area contributed by atoms with Gasteiger partial charge in [0.1, 0.15) is 0 Å². The van der Waals surface area contributed by atoms with Crippen LogP contribution in [0.1, 0.15) is 5.56 Å². The van der Waals surface area contributed by atoms with Crippen molar-refractivity contribution in [2.75, 3.05) is 0 Å². The molecule has 0 aliphatic heterocycles. The summed E-state index contributed by atoms with van der Waals surface area (Å²) in [5.41, 5.74) is 4.84. The number of carbonyl (C=O) groups excluding carboxylic acids is 1. The lowest BCUT2D eigenvalue weighted by Crippen LogP contribution is -1.87. The first-order valence-corrected chi connectivity index (χ1v) is 6.51. The van der Waals surface area contributed by atoms with E-state index in [1.165, 1.54) is 0 Å². The molecule has 3 aromatic carbocycles. The highest BCUT2D eigenvalue weighted by molar-refractivity contribution is 5.84. The van der Waals surface area contributed by atoms with E-state index >= 15 is 0 Å². The molecule has 0 aliphatic rings. The van der Waals surface area contributed by atoms with Gasteiger partial charge in [-0.2, -0.15) is 0 Å². The summed E-state index contributed by atoms with van der Waals surface area (Å²) in [7, 11) is 0. The highest BCUT2D eigenvalue weighted by atomic mass is 16.1. The van der Waals surface area contributed by atoms with Crippen LogP contribution in [0.25, 0.3) is 22.3 Å². The van der Waals surface area contributed by atoms with Crippen molar-refractivity contribution >= 4 is 6.29 Å². The van der Waals surface area contributed by atoms with Crippen molar-refractivity contribution in [3.8, 4) is 22.3 Å². The minimum atomic E-state index is 0.574. The fourth-order valence-electron chi connectivity index (χ4n) is 2.28. The van der Waals surface area contributed by atoms with E-state index in [9.17, 15) is 4.79 Å². The van der Waals surface area contributed by atoms with E-state index in [0.717, 1.165) is 22.3 Å². The SMILES string of the molecule is O=[C]c1cc(-c2ccccc2)cc(-c2ccccc2)c1. The van der Waals surface area contributed by atoms with E-state index in [-0.39, 0.29) is 0 Å². The molecule has 0 atom stereocenters. The third kappa shape index (κ3) is 2.52. The predicted molar refractivity (Wildman–Crippen MR) is 82.1 cm³/mol. The highest BCUT2D eigenvalue weighted by Gasteiger charge is 2.05. The zero-order valence-corrected chi connectivity index (χ0v) is 10.9. The average molecular weight is 257 g/mol. The molecule has 3 rings (SSSR count). The normalized spacial score (nSPS) is 10.2. The zero-order chi connectivity index (χ0) is 13.8. The van der Waals surface area contributed by atoms with Crippen molar-refractivity contribution in [3.05, 3.63) is 84.4 Å². The number of benzene rings is 3. The van der Waals surface area contributed by atoms with Crippen molar-refractivity contribution in [2.24, 2.45) is 0 Å². The lowest BCUT2D eigenvalue weighted by molar-refractivity contribution is 0.563. The second-order valence-electron chi connectivity index (χ2n) is 4.63. The maximum Gasteiger partial charge on any atom is 0.233 e. The Morgan fingerprint density at radius 1 is 0.550 bits per heavy atom. The molecule has 1 radical (unpaired) electrons. The van der Waals surface area contributed by atoms with Crippen molar-refractivity contribution < 1.29 is 4.79 Å². The van der Waals surface area contributed by atoms with Gasteiger partial charge in [-0.15, -0.1) is 0 Å². The van der Waals surface area contributed by atoms with Crippen LogP contribution in [-0.4, -0.2) is 6.29 Å². The monoisotopic (exact) mass is 257 g/mol. The molecule has 1 nitrogen and oxygen atoms in total. The van der Waals surface area contributed by atoms with Crippen LogP contribution in [0.2, 0.25) is 0 Å². The molecular formula is C19H13O. The van der Waals surface area contributed by atoms with Crippen LogP contribution in [-0.2, 0) is 4.79 Å². The molecule has 0 bridgehead atoms. The topological polar surface area (TPSA) is 17.1 Å². The molecule has 0 spiro atoms. The lowest BCUT2D eigenvalue weighted by Gasteiger charge is -2.07. The smallest absolute Gasteiger partial charge is 0.233 e. The molecule has 0 saturated heterocycles. The molecule has 0 aliphatic carbocycles. The van der Waals surface area contributed by atoms with Gasteiger partial charge in [0.15, 0.2) is 0 Å². The minimum absolute atomic E-state index is 0.574. The Morgan fingerprint density at radius 2 is 1.00 bits per heavy atom. The number of hydrogen-bond acceptors (Lipinski definition) is 1. The van der Waals surface area contributed by atoms with E-state index in [1.807, 2.05) is 79.1 Å². The molecule has 1 heteroatoms. The summed E-state index contributed by atoms with van der Waals surface area (Å²) >= 11 is 0. The van der Waals surface area contributed by atoms with Crippen molar-refractivity contribution in [1.29, 1.82) is 0 Å². The fraction of sp³-hybridized carbons (Fsp3) is 0. The Balaban J connectivity index is 2.15. The van der Waals surface area contributed by atoms with Crippen LogP contribution in [0.4, 0.5) is 0 Å². The lowest BCUT2D eigenvalue weighted by atomic mass is 9.96. The van der Waals surface area contributed by atoms with Gasteiger partial charge in [-0.05, 0) is 40.5 Å². The van der Waals surface area contributed by atoms with Crippen LogP contribution in [0, 0.1) is 0 Å². The molecular weight excluding hydrogens is 244 g/mol. The molecule has 0 aromatic heterocycles. The third-order valence-corrected chi connectivity index (χ3v) is 3.27. The maximum atomic E-state index is 11.0. The molecule has 0 saturated carbocycles. The second-order valence-corrected chi connectivity index (χ2v) is 4.63. The summed E-state index contributed by atoms with van der Waals surface area (Å²) in [5.74, 6) is 0. The summed E-state index contributed by atoms with van der Waals surface area (Å²) in [6, 6.07) is 26.0. The zero-order valence-electron chi connectivity index (χ0n) is 10.9. The predicted octanol–water partition coefficient (Wildman–Crippen LogP) is 4.48. The van der Waals surface area contributed by atoms with Gasteiger partial charge < -0.3 is 0 Å². The summed E-state index contributed by atoms with van der Waals surface area (Å²) in [5, 5.41) is 0. The van der Waals surface area contributed by atoms with E-state index in [1.54, 1.807) is 0 Å². The fourth-order valence-corrected chi connectivity index (χ4v) is 2.28. The largest absolute Gasteiger partial charge is 0.285 e. The van der Waals surface area contributed by atoms with E-state index < -0.39 is 0 Å². The van der Waals surface area contributed by atoms with Gasteiger partial charge >= 0.3 is 0 Å². The first-order valence-electron chi connectivity index (χ1n) is 6.51. The van der Waals surface area contributed by atoms with Gasteiger partial charge in [0.05, 0.1) is 0 Å². The molecule has 0 unspecified atom stereocenters. The second kappa shape index (κ2) is 5.54. The van der Waals surface area contributed by atoms with Gasteiger partial charge in [-0.25, -0.2) is 0 Å². The van der Waals surface area contributed by atoms with Gasteiger partial charge in [-0.1, -0.05) is 60.7 Å². The van der Waals surface area contributed by atoms with Crippen LogP contribution in [0.5, 0.6) is 0 Å². The Labute approximate surface area is 118 Å². The first kappa shape index (κ1) is 12.4. The Morgan fingerprint density at radius 3 is 1.40 bits per heavy atom. The third-order valence-electron chi connectivity index (χ3n) is 3.27. The van der Waals surface area contributed by atoms with Crippen molar-refractivity contribution in [1.82, 2.24) is 0 Å². The molecule has 95 valence electrons. The van der Waals surface area contributed by atoms with Crippen LogP contribution < -0.4 is 0 Å². The molecule has 0 N–H and O–H groups in total. The molecule has 20 heavy (non-hydrogen) atoms. The Kier molecular flexibility index (Phi) is 3.42. The van der Waals surface area contributed by atoms with Gasteiger partial charge in [0, 0.05) is 5.56 Å². The summed E-state index contributed by atoms with van der Waals surface area (Å²) in [4.78, 5) is 11.0. The Bertz CT molecular complexity index is 658. The van der Waals surface area contributed by atoms with Crippen molar-refractivity contribution in [2.45, 2.75) is 0 Å². The summed E-state index contributed by atoms with van der Waals surface area (Å²) in [6.45, 7) is 0.